The first-order chi connectivity index (χ1) is 7.49. The van der Waals surface area contributed by atoms with Crippen molar-refractivity contribution in [3.63, 3.8) is 0 Å². The lowest BCUT2D eigenvalue weighted by atomic mass is 9.97. The minimum Gasteiger partial charge on any atom is -0.212 e. The molecule has 0 unspecified atom stereocenters. The minimum atomic E-state index is -3.33. The van der Waals surface area contributed by atoms with E-state index in [1.54, 1.807) is 0 Å². The Bertz CT molecular complexity index is 360. The number of sulfonamides is 1. The summed E-state index contributed by atoms with van der Waals surface area (Å²) in [5.74, 6) is 0. The number of hydrogen-bond donors (Lipinski definition) is 1. The predicted octanol–water partition coefficient (Wildman–Crippen LogP) is 1.93. The second kappa shape index (κ2) is 5.15. The monoisotopic (exact) mass is 244 g/mol. The van der Waals surface area contributed by atoms with Gasteiger partial charge in [0.25, 0.3) is 0 Å². The summed E-state index contributed by atoms with van der Waals surface area (Å²) in [7, 11) is -3.33. The van der Waals surface area contributed by atoms with E-state index >= 15 is 0 Å². The van der Waals surface area contributed by atoms with Gasteiger partial charge in [-0.3, -0.25) is 0 Å². The number of hydrogen-bond acceptors (Lipinski definition) is 3. The average Bonchev–Trinajstić information content (AvgIpc) is 2.80. The van der Waals surface area contributed by atoms with Crippen molar-refractivity contribution in [2.75, 3.05) is 0 Å². The van der Waals surface area contributed by atoms with Gasteiger partial charge < -0.3 is 0 Å². The maximum absolute atomic E-state index is 12.1. The van der Waals surface area contributed by atoms with Crippen molar-refractivity contribution in [2.24, 2.45) is 0 Å². The molecule has 1 saturated carbocycles. The van der Waals surface area contributed by atoms with Gasteiger partial charge in [0.15, 0.2) is 0 Å². The quantitative estimate of drug-likeness (QED) is 0.803. The Morgan fingerprint density at radius 1 is 1.31 bits per heavy atom. The summed E-state index contributed by atoms with van der Waals surface area (Å²) in [6.45, 7) is 3.67. The highest BCUT2D eigenvalue weighted by molar-refractivity contribution is 7.90. The Labute approximate surface area is 98.1 Å². The van der Waals surface area contributed by atoms with E-state index in [-0.39, 0.29) is 5.25 Å². The van der Waals surface area contributed by atoms with Crippen molar-refractivity contribution >= 4 is 10.0 Å². The highest BCUT2D eigenvalue weighted by atomic mass is 32.2. The Morgan fingerprint density at radius 3 is 2.19 bits per heavy atom. The Kier molecular flexibility index (Phi) is 4.34. The van der Waals surface area contributed by atoms with Crippen LogP contribution in [0, 0.1) is 11.3 Å². The van der Waals surface area contributed by atoms with E-state index < -0.39 is 15.6 Å². The fraction of sp³-hybridized carbons (Fsp3) is 0.909. The van der Waals surface area contributed by atoms with Crippen molar-refractivity contribution in [1.82, 2.24) is 4.72 Å². The van der Waals surface area contributed by atoms with E-state index in [1.807, 2.05) is 13.8 Å². The van der Waals surface area contributed by atoms with Gasteiger partial charge in [0.1, 0.15) is 5.54 Å². The summed E-state index contributed by atoms with van der Waals surface area (Å²) in [6, 6.07) is 2.10. The zero-order valence-corrected chi connectivity index (χ0v) is 10.8. The molecule has 0 spiro atoms. The van der Waals surface area contributed by atoms with Crippen molar-refractivity contribution in [2.45, 2.75) is 63.2 Å². The molecule has 0 amide bonds. The molecular formula is C11H20N2O2S. The van der Waals surface area contributed by atoms with E-state index in [9.17, 15) is 8.42 Å². The molecule has 1 aliphatic rings. The molecule has 0 saturated heterocycles. The fourth-order valence-electron chi connectivity index (χ4n) is 2.13. The molecule has 1 fully saturated rings. The molecule has 0 aromatic heterocycles. The Morgan fingerprint density at radius 2 is 1.81 bits per heavy atom. The van der Waals surface area contributed by atoms with Gasteiger partial charge in [0.2, 0.25) is 10.0 Å². The summed E-state index contributed by atoms with van der Waals surface area (Å²) >= 11 is 0. The molecule has 0 aromatic carbocycles. The van der Waals surface area contributed by atoms with Gasteiger partial charge >= 0.3 is 0 Å². The molecule has 1 aliphatic carbocycles. The second-order valence-electron chi connectivity index (χ2n) is 4.45. The molecule has 0 atom stereocenters. The molecule has 0 bridgehead atoms. The van der Waals surface area contributed by atoms with Gasteiger partial charge in [-0.1, -0.05) is 26.7 Å². The van der Waals surface area contributed by atoms with Crippen molar-refractivity contribution < 1.29 is 8.42 Å². The number of rotatable bonds is 5. The van der Waals surface area contributed by atoms with Gasteiger partial charge in [-0.15, -0.1) is 0 Å². The van der Waals surface area contributed by atoms with Crippen LogP contribution in [-0.2, 0) is 10.0 Å². The van der Waals surface area contributed by atoms with Crippen LogP contribution in [0.25, 0.3) is 0 Å². The zero-order valence-electron chi connectivity index (χ0n) is 9.99. The fourth-order valence-corrected chi connectivity index (χ4v) is 4.13. The summed E-state index contributed by atoms with van der Waals surface area (Å²) in [5, 5.41) is 8.81. The topological polar surface area (TPSA) is 70.0 Å². The predicted molar refractivity (Wildman–Crippen MR) is 63.2 cm³/mol. The minimum absolute atomic E-state index is 0.293. The van der Waals surface area contributed by atoms with Gasteiger partial charge in [0, 0.05) is 0 Å². The zero-order chi connectivity index (χ0) is 12.2. The average molecular weight is 244 g/mol. The van der Waals surface area contributed by atoms with Crippen LogP contribution in [0.5, 0.6) is 0 Å². The Hall–Kier alpha value is -0.600. The summed E-state index contributed by atoms with van der Waals surface area (Å²) in [5.41, 5.74) is -0.915. The normalized spacial score (nSPS) is 18.6. The number of nitrogens with zero attached hydrogens (tertiary/aromatic N) is 1. The molecule has 1 N–H and O–H groups in total. The molecule has 0 heterocycles. The summed E-state index contributed by atoms with van der Waals surface area (Å²) < 4.78 is 26.7. The molecule has 1 rings (SSSR count). The third-order valence-corrected chi connectivity index (χ3v) is 5.52. The van der Waals surface area contributed by atoms with E-state index in [2.05, 4.69) is 10.8 Å². The number of nitriles is 1. The first-order valence-corrected chi connectivity index (χ1v) is 7.48. The lowest BCUT2D eigenvalue weighted by Gasteiger charge is -2.26. The van der Waals surface area contributed by atoms with Crippen LogP contribution in [0.4, 0.5) is 0 Å². The molecule has 4 nitrogen and oxygen atoms in total. The molecule has 92 valence electrons. The highest BCUT2D eigenvalue weighted by Crippen LogP contribution is 2.26. The van der Waals surface area contributed by atoms with Crippen LogP contribution in [0.3, 0.4) is 0 Å². The third kappa shape index (κ3) is 2.74. The molecular weight excluding hydrogens is 224 g/mol. The van der Waals surface area contributed by atoms with Gasteiger partial charge in [-0.2, -0.15) is 9.98 Å². The Balaban J connectivity index is 2.82. The largest absolute Gasteiger partial charge is 0.215 e. The molecule has 16 heavy (non-hydrogen) atoms. The maximum Gasteiger partial charge on any atom is 0.215 e. The number of nitrogens with one attached hydrogen (secondary N) is 1. The van der Waals surface area contributed by atoms with Crippen LogP contribution in [-0.4, -0.2) is 19.2 Å². The van der Waals surface area contributed by atoms with E-state index in [1.165, 1.54) is 0 Å². The molecule has 0 radical (unpaired) electrons. The van der Waals surface area contributed by atoms with Crippen LogP contribution >= 0.6 is 0 Å². The molecule has 0 aliphatic heterocycles. The van der Waals surface area contributed by atoms with Crippen LogP contribution in [0.15, 0.2) is 0 Å². The van der Waals surface area contributed by atoms with Crippen LogP contribution < -0.4 is 4.72 Å². The first-order valence-electron chi connectivity index (χ1n) is 5.93. The lowest BCUT2D eigenvalue weighted by Crippen LogP contribution is -2.49. The van der Waals surface area contributed by atoms with Crippen LogP contribution in [0.1, 0.15) is 52.4 Å². The van der Waals surface area contributed by atoms with Crippen LogP contribution in [0.2, 0.25) is 0 Å². The molecule has 0 aromatic rings. The van der Waals surface area contributed by atoms with Gasteiger partial charge in [-0.05, 0) is 25.7 Å². The van der Waals surface area contributed by atoms with E-state index in [0.717, 1.165) is 25.7 Å². The smallest absolute Gasteiger partial charge is 0.212 e. The van der Waals surface area contributed by atoms with E-state index in [0.29, 0.717) is 12.8 Å². The van der Waals surface area contributed by atoms with Gasteiger partial charge in [-0.25, -0.2) is 8.42 Å². The molecule has 5 heteroatoms. The lowest BCUT2D eigenvalue weighted by molar-refractivity contribution is 0.442. The summed E-state index contributed by atoms with van der Waals surface area (Å²) in [4.78, 5) is 0. The maximum atomic E-state index is 12.1. The SMILES string of the molecule is CCC(C#N)(CC)NS(=O)(=O)C1CCCC1. The second-order valence-corrected chi connectivity index (χ2v) is 6.42. The van der Waals surface area contributed by atoms with Crippen molar-refractivity contribution in [3.05, 3.63) is 0 Å². The highest BCUT2D eigenvalue weighted by Gasteiger charge is 2.36. The van der Waals surface area contributed by atoms with Crippen molar-refractivity contribution in [1.29, 1.82) is 5.26 Å². The van der Waals surface area contributed by atoms with Crippen molar-refractivity contribution in [3.8, 4) is 6.07 Å². The van der Waals surface area contributed by atoms with E-state index in [4.69, 9.17) is 5.26 Å². The standard InChI is InChI=1S/C11H20N2O2S/c1-3-11(4-2,9-12)13-16(14,15)10-7-5-6-8-10/h10,13H,3-8H2,1-2H3. The van der Waals surface area contributed by atoms with Gasteiger partial charge in [0.05, 0.1) is 11.3 Å². The third-order valence-electron chi connectivity index (χ3n) is 3.50. The first kappa shape index (κ1) is 13.5. The summed E-state index contributed by atoms with van der Waals surface area (Å²) in [6.07, 6.45) is 4.42.